The van der Waals surface area contributed by atoms with Crippen molar-refractivity contribution in [3.63, 3.8) is 0 Å². The third-order valence-corrected chi connectivity index (χ3v) is 2.61. The maximum Gasteiger partial charge on any atom is 0.0128 e. The second-order valence-electron chi connectivity index (χ2n) is 3.94. The van der Waals surface area contributed by atoms with Gasteiger partial charge in [-0.25, -0.2) is 18.1 Å². The molecule has 0 saturated heterocycles. The predicted molar refractivity (Wildman–Crippen MR) is 65.8 cm³/mol. The Morgan fingerprint density at radius 1 is 0.688 bits per heavy atom. The molecule has 0 aromatic heterocycles. The second-order valence-corrected chi connectivity index (χ2v) is 3.94. The number of hydrogen-bond donors (Lipinski definition) is 0. The SMILES string of the molecule is C1=CC2C=CC1C=C2.[CH2-]C1C=C[CH-]C=C1.[Y]. The third-order valence-electron chi connectivity index (χ3n) is 2.61. The molecule has 0 aromatic rings. The average Bonchev–Trinajstić information content (AvgIpc) is 2.33. The molecule has 0 aromatic carbocycles. The van der Waals surface area contributed by atoms with Gasteiger partial charge in [-0.05, 0) is 0 Å². The Kier molecular flexibility index (Phi) is 6.09. The molecule has 0 aliphatic heterocycles. The van der Waals surface area contributed by atoms with E-state index < -0.39 is 0 Å². The Morgan fingerprint density at radius 2 is 1.06 bits per heavy atom. The number of allylic oxidation sites excluding steroid dienone is 10. The molecule has 0 unspecified atom stereocenters. The molecule has 4 rings (SSSR count). The van der Waals surface area contributed by atoms with Crippen LogP contribution in [0.25, 0.3) is 0 Å². The van der Waals surface area contributed by atoms with Gasteiger partial charge >= 0.3 is 0 Å². The van der Waals surface area contributed by atoms with Gasteiger partial charge in [0, 0.05) is 44.5 Å². The minimum atomic E-state index is 0. The summed E-state index contributed by atoms with van der Waals surface area (Å²) in [4.78, 5) is 0. The normalized spacial score (nSPS) is 28.1. The van der Waals surface area contributed by atoms with Crippen molar-refractivity contribution < 1.29 is 32.7 Å². The molecule has 0 spiro atoms. The summed E-state index contributed by atoms with van der Waals surface area (Å²) in [6.07, 6.45) is 23.6. The average molecular weight is 285 g/mol. The molecule has 2 bridgehead atoms. The fourth-order valence-corrected chi connectivity index (χ4v) is 1.70. The van der Waals surface area contributed by atoms with Gasteiger partial charge < -0.3 is 6.92 Å². The van der Waals surface area contributed by atoms with E-state index in [9.17, 15) is 0 Å². The van der Waals surface area contributed by atoms with E-state index in [4.69, 9.17) is 0 Å². The molecular formula is C15H16Y-2. The van der Waals surface area contributed by atoms with Crippen molar-refractivity contribution in [3.8, 4) is 0 Å². The van der Waals surface area contributed by atoms with Crippen molar-refractivity contribution in [2.24, 2.45) is 17.8 Å². The smallest absolute Gasteiger partial charge is 0.0128 e. The summed E-state index contributed by atoms with van der Waals surface area (Å²) in [5.41, 5.74) is 0. The summed E-state index contributed by atoms with van der Waals surface area (Å²) in [5, 5.41) is 0. The van der Waals surface area contributed by atoms with E-state index in [1.165, 1.54) is 0 Å². The van der Waals surface area contributed by atoms with Gasteiger partial charge in [-0.1, -0.05) is 36.5 Å². The first kappa shape index (κ1) is 13.7. The van der Waals surface area contributed by atoms with E-state index in [1.807, 2.05) is 18.6 Å². The van der Waals surface area contributed by atoms with Crippen LogP contribution in [0.15, 0.2) is 60.8 Å². The molecule has 16 heavy (non-hydrogen) atoms. The molecule has 0 heterocycles. The van der Waals surface area contributed by atoms with Crippen LogP contribution in [0.1, 0.15) is 0 Å². The van der Waals surface area contributed by atoms with Gasteiger partial charge in [-0.15, -0.1) is 0 Å². The monoisotopic (exact) mass is 285 g/mol. The number of rotatable bonds is 0. The molecule has 4 aliphatic rings. The molecule has 0 fully saturated rings. The molecular weight excluding hydrogens is 269 g/mol. The second kappa shape index (κ2) is 7.09. The Labute approximate surface area is 124 Å². The van der Waals surface area contributed by atoms with E-state index in [0.717, 1.165) is 0 Å². The summed E-state index contributed by atoms with van der Waals surface area (Å²) < 4.78 is 0. The van der Waals surface area contributed by atoms with Crippen LogP contribution >= 0.6 is 0 Å². The Morgan fingerprint density at radius 3 is 1.25 bits per heavy atom. The first-order valence-corrected chi connectivity index (χ1v) is 5.41. The zero-order chi connectivity index (χ0) is 10.5. The minimum Gasteiger partial charge on any atom is -0.355 e. The van der Waals surface area contributed by atoms with E-state index in [1.54, 1.807) is 0 Å². The molecule has 1 heteroatoms. The van der Waals surface area contributed by atoms with Crippen molar-refractivity contribution >= 4 is 0 Å². The van der Waals surface area contributed by atoms with Gasteiger partial charge in [0.25, 0.3) is 0 Å². The van der Waals surface area contributed by atoms with Crippen LogP contribution in [0.5, 0.6) is 0 Å². The van der Waals surface area contributed by atoms with Gasteiger partial charge in [0.1, 0.15) is 0 Å². The minimum absolute atomic E-state index is 0. The maximum absolute atomic E-state index is 3.80. The van der Waals surface area contributed by atoms with Crippen LogP contribution in [-0.4, -0.2) is 0 Å². The molecule has 1 radical (unpaired) electrons. The van der Waals surface area contributed by atoms with Crippen LogP contribution in [0, 0.1) is 31.1 Å². The molecule has 0 N–H and O–H groups in total. The van der Waals surface area contributed by atoms with Crippen LogP contribution < -0.4 is 0 Å². The first-order valence-electron chi connectivity index (χ1n) is 5.41. The third kappa shape index (κ3) is 4.27. The fourth-order valence-electron chi connectivity index (χ4n) is 1.70. The van der Waals surface area contributed by atoms with Gasteiger partial charge in [0.15, 0.2) is 0 Å². The van der Waals surface area contributed by atoms with Crippen molar-refractivity contribution in [1.82, 2.24) is 0 Å². The zero-order valence-electron chi connectivity index (χ0n) is 9.37. The van der Waals surface area contributed by atoms with Crippen molar-refractivity contribution in [2.45, 2.75) is 0 Å². The Balaban J connectivity index is 0.000000152. The molecule has 0 amide bonds. The Hall–Kier alpha value is -0.326. The van der Waals surface area contributed by atoms with Crippen molar-refractivity contribution in [2.75, 3.05) is 0 Å². The van der Waals surface area contributed by atoms with Gasteiger partial charge in [-0.3, -0.25) is 0 Å². The maximum atomic E-state index is 3.80. The summed E-state index contributed by atoms with van der Waals surface area (Å²) in [5.74, 6) is 1.62. The topological polar surface area (TPSA) is 0 Å². The van der Waals surface area contributed by atoms with E-state index in [0.29, 0.717) is 17.8 Å². The van der Waals surface area contributed by atoms with Crippen molar-refractivity contribution in [1.29, 1.82) is 0 Å². The zero-order valence-corrected chi connectivity index (χ0v) is 12.2. The van der Waals surface area contributed by atoms with Gasteiger partial charge in [-0.2, -0.15) is 18.6 Å². The summed E-state index contributed by atoms with van der Waals surface area (Å²) in [6.45, 7) is 3.80. The molecule has 0 atom stereocenters. The summed E-state index contributed by atoms with van der Waals surface area (Å²) >= 11 is 0. The molecule has 4 aliphatic carbocycles. The fraction of sp³-hybridized carbons (Fsp3) is 0.200. The predicted octanol–water partition coefficient (Wildman–Crippen LogP) is 3.68. The largest absolute Gasteiger partial charge is 0.355 e. The number of hydrogen-bond acceptors (Lipinski definition) is 0. The van der Waals surface area contributed by atoms with E-state index in [-0.39, 0.29) is 32.7 Å². The van der Waals surface area contributed by atoms with E-state index >= 15 is 0 Å². The van der Waals surface area contributed by atoms with Crippen LogP contribution in [0.4, 0.5) is 0 Å². The summed E-state index contributed by atoms with van der Waals surface area (Å²) in [7, 11) is 0. The van der Waals surface area contributed by atoms with Gasteiger partial charge in [0.05, 0.1) is 0 Å². The quantitative estimate of drug-likeness (QED) is 0.470. The Bertz CT molecular complexity index is 281. The van der Waals surface area contributed by atoms with Crippen LogP contribution in [0.3, 0.4) is 0 Å². The van der Waals surface area contributed by atoms with Crippen LogP contribution in [0.2, 0.25) is 0 Å². The standard InChI is InChI=1S/C8H8.C7H8.Y/c1-2-8-5-3-7(1)4-6-8;1-7-5-3-2-4-6-7;/h1-8H;2-7H,1H2;/q;-2;. The van der Waals surface area contributed by atoms with E-state index in [2.05, 4.69) is 55.5 Å². The van der Waals surface area contributed by atoms with Crippen LogP contribution in [-0.2, 0) is 32.7 Å². The van der Waals surface area contributed by atoms with Crippen molar-refractivity contribution in [3.05, 3.63) is 74.1 Å². The molecule has 0 nitrogen and oxygen atoms in total. The molecule has 81 valence electrons. The first-order chi connectivity index (χ1) is 7.34. The summed E-state index contributed by atoms with van der Waals surface area (Å²) in [6, 6.07) is 0. The molecule has 0 saturated carbocycles. The van der Waals surface area contributed by atoms with Gasteiger partial charge in [0.2, 0.25) is 0 Å².